The van der Waals surface area contributed by atoms with Gasteiger partial charge in [-0.05, 0) is 0 Å². The van der Waals surface area contributed by atoms with Crippen LogP contribution in [0.5, 0.6) is 0 Å². The molecule has 0 aromatic carbocycles. The fraction of sp³-hybridized carbons (Fsp3) is 0.900. The Balaban J connectivity index is 2.20. The lowest BCUT2D eigenvalue weighted by Gasteiger charge is -2.43. The summed E-state index contributed by atoms with van der Waals surface area (Å²) in [5, 5.41) is -0.992. The summed E-state index contributed by atoms with van der Waals surface area (Å²) in [7, 11) is -3.06. The monoisotopic (exact) mass is 296 g/mol. The molecule has 0 unspecified atom stereocenters. The Morgan fingerprint density at radius 1 is 1.00 bits per heavy atom. The van der Waals surface area contributed by atoms with Gasteiger partial charge < -0.3 is 14.3 Å². The molecule has 0 aliphatic carbocycles. The summed E-state index contributed by atoms with van der Waals surface area (Å²) in [6.07, 6.45) is 0.577. The number of rotatable bonds is 4. The number of hydrogen-bond acceptors (Lipinski definition) is 4. The van der Waals surface area contributed by atoms with Crippen LogP contribution in [0.25, 0.3) is 0 Å². The van der Waals surface area contributed by atoms with Crippen LogP contribution in [0.3, 0.4) is 0 Å². The average Bonchev–Trinajstić information content (AvgIpc) is 2.47. The van der Waals surface area contributed by atoms with E-state index in [0.717, 1.165) is 0 Å². The van der Waals surface area contributed by atoms with Gasteiger partial charge in [-0.25, -0.2) is 9.34 Å². The standard InChI is InChI=1S/C10H18ClN2O4P/c11-10(9-14)18(15,12-1-5-16-6-2-12)13-3-7-17-8-4-13/h9-10H,1-8H2/t10-/m0/s1. The van der Waals surface area contributed by atoms with Gasteiger partial charge in [0.1, 0.15) is 6.29 Å². The third-order valence-electron chi connectivity index (χ3n) is 3.22. The second-order valence-electron chi connectivity index (χ2n) is 4.23. The van der Waals surface area contributed by atoms with Crippen LogP contribution in [0.1, 0.15) is 0 Å². The van der Waals surface area contributed by atoms with E-state index in [9.17, 15) is 9.36 Å². The van der Waals surface area contributed by atoms with Crippen molar-refractivity contribution in [3.05, 3.63) is 0 Å². The van der Waals surface area contributed by atoms with E-state index in [4.69, 9.17) is 21.1 Å². The van der Waals surface area contributed by atoms with Crippen molar-refractivity contribution in [2.75, 3.05) is 52.6 Å². The lowest BCUT2D eigenvalue weighted by molar-refractivity contribution is -0.106. The molecule has 104 valence electrons. The van der Waals surface area contributed by atoms with Crippen LogP contribution in [0.4, 0.5) is 0 Å². The average molecular weight is 297 g/mol. The first-order valence-electron chi connectivity index (χ1n) is 6.05. The lowest BCUT2D eigenvalue weighted by Crippen LogP contribution is -2.45. The SMILES string of the molecule is O=C[C@@H](Cl)P(=O)(N1CCOCC1)N1CCOCC1. The van der Waals surface area contributed by atoms with Crippen molar-refractivity contribution in [2.45, 2.75) is 5.12 Å². The van der Waals surface area contributed by atoms with Crippen molar-refractivity contribution in [1.82, 2.24) is 9.34 Å². The molecule has 8 heteroatoms. The summed E-state index contributed by atoms with van der Waals surface area (Å²) < 4.78 is 27.4. The molecule has 0 saturated carbocycles. The molecule has 0 radical (unpaired) electrons. The van der Waals surface area contributed by atoms with Crippen LogP contribution in [0.2, 0.25) is 0 Å². The maximum atomic E-state index is 13.2. The van der Waals surface area contributed by atoms with Crippen LogP contribution in [0, 0.1) is 0 Å². The molecule has 18 heavy (non-hydrogen) atoms. The Kier molecular flexibility index (Phi) is 5.18. The molecular formula is C10H18ClN2O4P. The minimum Gasteiger partial charge on any atom is -0.379 e. The third-order valence-corrected chi connectivity index (χ3v) is 7.27. The quantitative estimate of drug-likeness (QED) is 0.430. The number of aldehydes is 1. The second-order valence-corrected chi connectivity index (χ2v) is 7.87. The number of hydrogen-bond donors (Lipinski definition) is 0. The van der Waals surface area contributed by atoms with Gasteiger partial charge in [-0.15, -0.1) is 11.6 Å². The summed E-state index contributed by atoms with van der Waals surface area (Å²) in [5.41, 5.74) is 0. The van der Waals surface area contributed by atoms with Crippen molar-refractivity contribution in [3.8, 4) is 0 Å². The second kappa shape index (κ2) is 6.46. The zero-order valence-corrected chi connectivity index (χ0v) is 11.8. The summed E-state index contributed by atoms with van der Waals surface area (Å²) >= 11 is 6.04. The Morgan fingerprint density at radius 2 is 1.39 bits per heavy atom. The van der Waals surface area contributed by atoms with E-state index in [1.54, 1.807) is 0 Å². The van der Waals surface area contributed by atoms with Crippen LogP contribution in [0.15, 0.2) is 0 Å². The van der Waals surface area contributed by atoms with Crippen molar-refractivity contribution in [3.63, 3.8) is 0 Å². The molecule has 0 amide bonds. The Morgan fingerprint density at radius 3 is 1.72 bits per heavy atom. The van der Waals surface area contributed by atoms with Crippen LogP contribution in [-0.2, 0) is 18.8 Å². The first-order valence-corrected chi connectivity index (χ1v) is 8.17. The first-order chi connectivity index (χ1) is 8.69. The molecule has 2 rings (SSSR count). The highest BCUT2D eigenvalue weighted by atomic mass is 35.5. The fourth-order valence-corrected chi connectivity index (χ4v) is 5.60. The molecule has 2 aliphatic rings. The van der Waals surface area contributed by atoms with E-state index >= 15 is 0 Å². The molecule has 1 atom stereocenters. The van der Waals surface area contributed by atoms with Gasteiger partial charge in [0, 0.05) is 26.2 Å². The lowest BCUT2D eigenvalue weighted by atomic mass is 10.5. The maximum Gasteiger partial charge on any atom is 0.241 e. The van der Waals surface area contributed by atoms with E-state index in [1.165, 1.54) is 0 Å². The number of ether oxygens (including phenoxy) is 2. The minimum absolute atomic E-state index is 0.525. The summed E-state index contributed by atoms with van der Waals surface area (Å²) in [6, 6.07) is 0. The Labute approximate surface area is 112 Å². The van der Waals surface area contributed by atoms with Crippen molar-refractivity contribution >= 4 is 25.3 Å². The molecule has 2 saturated heterocycles. The van der Waals surface area contributed by atoms with Gasteiger partial charge >= 0.3 is 0 Å². The highest BCUT2D eigenvalue weighted by Gasteiger charge is 2.44. The molecule has 2 aliphatic heterocycles. The molecule has 2 heterocycles. The number of carbonyl (C=O) groups is 1. The van der Waals surface area contributed by atoms with Crippen LogP contribution in [-0.4, -0.2) is 73.4 Å². The van der Waals surface area contributed by atoms with Crippen LogP contribution >= 0.6 is 19.0 Å². The zero-order chi connectivity index (χ0) is 13.0. The number of alkyl halides is 1. The maximum absolute atomic E-state index is 13.2. The number of carbonyl (C=O) groups excluding carboxylic acids is 1. The topological polar surface area (TPSA) is 59.1 Å². The van der Waals surface area contributed by atoms with Gasteiger partial charge in [0.05, 0.1) is 26.4 Å². The molecule has 0 aromatic heterocycles. The van der Waals surface area contributed by atoms with Gasteiger partial charge in [-0.3, -0.25) is 4.57 Å². The fourth-order valence-electron chi connectivity index (χ4n) is 2.25. The van der Waals surface area contributed by atoms with Gasteiger partial charge in [0.15, 0.2) is 5.12 Å². The predicted molar refractivity (Wildman–Crippen MR) is 68.1 cm³/mol. The van der Waals surface area contributed by atoms with Gasteiger partial charge in [-0.1, -0.05) is 0 Å². The largest absolute Gasteiger partial charge is 0.379 e. The van der Waals surface area contributed by atoms with Crippen molar-refractivity contribution in [2.24, 2.45) is 0 Å². The Bertz CT molecular complexity index is 310. The molecular weight excluding hydrogens is 279 g/mol. The molecule has 0 bridgehead atoms. The summed E-state index contributed by atoms with van der Waals surface area (Å²) in [6.45, 7) is 4.29. The number of nitrogens with zero attached hydrogens (tertiary/aromatic N) is 2. The molecule has 0 N–H and O–H groups in total. The van der Waals surface area contributed by atoms with Crippen LogP contribution < -0.4 is 0 Å². The van der Waals surface area contributed by atoms with Gasteiger partial charge in [0.2, 0.25) is 7.44 Å². The number of halogens is 1. The van der Waals surface area contributed by atoms with E-state index < -0.39 is 12.6 Å². The molecule has 0 spiro atoms. The number of morpholine rings is 2. The zero-order valence-electron chi connectivity index (χ0n) is 10.2. The van der Waals surface area contributed by atoms with Gasteiger partial charge in [0.25, 0.3) is 0 Å². The highest BCUT2D eigenvalue weighted by molar-refractivity contribution is 7.62. The molecule has 2 fully saturated rings. The molecule has 6 nitrogen and oxygen atoms in total. The van der Waals surface area contributed by atoms with Crippen molar-refractivity contribution in [1.29, 1.82) is 0 Å². The normalized spacial score (nSPS) is 25.8. The van der Waals surface area contributed by atoms with E-state index in [-0.39, 0.29) is 0 Å². The minimum atomic E-state index is -3.06. The van der Waals surface area contributed by atoms with E-state index in [1.807, 2.05) is 9.34 Å². The first kappa shape index (κ1) is 14.4. The summed E-state index contributed by atoms with van der Waals surface area (Å²) in [4.78, 5) is 11.0. The van der Waals surface area contributed by atoms with E-state index in [0.29, 0.717) is 58.9 Å². The molecule has 0 aromatic rings. The van der Waals surface area contributed by atoms with Gasteiger partial charge in [-0.2, -0.15) is 0 Å². The van der Waals surface area contributed by atoms with Crippen molar-refractivity contribution < 1.29 is 18.8 Å². The van der Waals surface area contributed by atoms with E-state index in [2.05, 4.69) is 0 Å². The Hall–Kier alpha value is 0.0300. The summed E-state index contributed by atoms with van der Waals surface area (Å²) in [5.74, 6) is 0. The predicted octanol–water partition coefficient (Wildman–Crippen LogP) is 0.608. The smallest absolute Gasteiger partial charge is 0.241 e. The highest BCUT2D eigenvalue weighted by Crippen LogP contribution is 2.58. The third kappa shape index (κ3) is 2.79.